The molecular weight excluding hydrogens is 208 g/mol. The highest BCUT2D eigenvalue weighted by atomic mass is 15.1. The number of anilines is 2. The summed E-state index contributed by atoms with van der Waals surface area (Å²) in [5, 5.41) is 3.38. The molecule has 0 saturated carbocycles. The fourth-order valence-corrected chi connectivity index (χ4v) is 1.73. The molecular formula is C15H24N2. The van der Waals surface area contributed by atoms with Gasteiger partial charge in [0.2, 0.25) is 0 Å². The van der Waals surface area contributed by atoms with Gasteiger partial charge in [-0.25, -0.2) is 0 Å². The molecule has 2 nitrogen and oxygen atoms in total. The van der Waals surface area contributed by atoms with Crippen LogP contribution in [0, 0.1) is 0 Å². The maximum atomic E-state index is 3.99. The molecule has 2 heteroatoms. The normalized spacial score (nSPS) is 10.1. The van der Waals surface area contributed by atoms with Crippen molar-refractivity contribution in [2.75, 3.05) is 29.9 Å². The largest absolute Gasteiger partial charge is 0.381 e. The Labute approximate surface area is 105 Å². The molecule has 0 saturated heterocycles. The standard InChI is InChI=1S/C15H24N2/c1-5-13(4)12-16-14-8-10-15(11-9-14)17(6-2)7-3/h8-11,16H,4-7,12H2,1-3H3. The number of hydrogen-bond acceptors (Lipinski definition) is 2. The number of nitrogens with one attached hydrogen (secondary N) is 1. The third-order valence-corrected chi connectivity index (χ3v) is 3.04. The number of rotatable bonds is 7. The van der Waals surface area contributed by atoms with E-state index in [1.165, 1.54) is 11.3 Å². The Hall–Kier alpha value is -1.44. The van der Waals surface area contributed by atoms with E-state index in [2.05, 4.69) is 61.8 Å². The highest BCUT2D eigenvalue weighted by Gasteiger charge is 2.01. The molecule has 0 aliphatic heterocycles. The summed E-state index contributed by atoms with van der Waals surface area (Å²) < 4.78 is 0. The monoisotopic (exact) mass is 232 g/mol. The molecule has 1 aromatic carbocycles. The Morgan fingerprint density at radius 2 is 1.71 bits per heavy atom. The average Bonchev–Trinajstić information content (AvgIpc) is 2.38. The van der Waals surface area contributed by atoms with Gasteiger partial charge in [-0.3, -0.25) is 0 Å². The predicted molar refractivity (Wildman–Crippen MR) is 77.9 cm³/mol. The lowest BCUT2D eigenvalue weighted by Gasteiger charge is -2.21. The zero-order valence-corrected chi connectivity index (χ0v) is 11.3. The van der Waals surface area contributed by atoms with Gasteiger partial charge in [-0.1, -0.05) is 19.1 Å². The smallest absolute Gasteiger partial charge is 0.0367 e. The minimum atomic E-state index is 0.862. The van der Waals surface area contributed by atoms with Gasteiger partial charge in [0, 0.05) is 31.0 Å². The van der Waals surface area contributed by atoms with Crippen LogP contribution >= 0.6 is 0 Å². The summed E-state index contributed by atoms with van der Waals surface area (Å²) in [6.45, 7) is 13.5. The third kappa shape index (κ3) is 4.14. The zero-order valence-electron chi connectivity index (χ0n) is 11.3. The van der Waals surface area contributed by atoms with Crippen LogP contribution in [-0.4, -0.2) is 19.6 Å². The van der Waals surface area contributed by atoms with Crippen LogP contribution in [0.15, 0.2) is 36.4 Å². The lowest BCUT2D eigenvalue weighted by atomic mass is 10.2. The Balaban J connectivity index is 2.58. The van der Waals surface area contributed by atoms with Crippen LogP contribution in [-0.2, 0) is 0 Å². The Kier molecular flexibility index (Phi) is 5.61. The predicted octanol–water partition coefficient (Wildman–Crippen LogP) is 3.91. The lowest BCUT2D eigenvalue weighted by molar-refractivity contribution is 0.866. The molecule has 0 atom stereocenters. The van der Waals surface area contributed by atoms with Gasteiger partial charge in [0.25, 0.3) is 0 Å². The summed E-state index contributed by atoms with van der Waals surface area (Å²) in [5.74, 6) is 0. The van der Waals surface area contributed by atoms with Crippen molar-refractivity contribution < 1.29 is 0 Å². The van der Waals surface area contributed by atoms with Crippen LogP contribution in [0.1, 0.15) is 27.2 Å². The Bertz CT molecular complexity index is 336. The molecule has 1 rings (SSSR count). The SMILES string of the molecule is C=C(CC)CNc1ccc(N(CC)CC)cc1. The van der Waals surface area contributed by atoms with Gasteiger partial charge in [-0.15, -0.1) is 0 Å². The first-order chi connectivity index (χ1) is 8.21. The van der Waals surface area contributed by atoms with E-state index in [0.29, 0.717) is 0 Å². The van der Waals surface area contributed by atoms with E-state index >= 15 is 0 Å². The van der Waals surface area contributed by atoms with Crippen LogP contribution in [0.2, 0.25) is 0 Å². The first-order valence-corrected chi connectivity index (χ1v) is 6.46. The zero-order chi connectivity index (χ0) is 12.7. The molecule has 0 spiro atoms. The van der Waals surface area contributed by atoms with Crippen molar-refractivity contribution in [2.45, 2.75) is 27.2 Å². The minimum absolute atomic E-state index is 0.862. The van der Waals surface area contributed by atoms with Gasteiger partial charge in [-0.05, 0) is 44.5 Å². The summed E-state index contributed by atoms with van der Waals surface area (Å²) in [7, 11) is 0. The average molecular weight is 232 g/mol. The molecule has 0 aromatic heterocycles. The summed E-state index contributed by atoms with van der Waals surface area (Å²) in [4.78, 5) is 2.34. The van der Waals surface area contributed by atoms with Crippen LogP contribution < -0.4 is 10.2 Å². The van der Waals surface area contributed by atoms with Crippen LogP contribution in [0.25, 0.3) is 0 Å². The van der Waals surface area contributed by atoms with Gasteiger partial charge in [0.15, 0.2) is 0 Å². The van der Waals surface area contributed by atoms with E-state index < -0.39 is 0 Å². The number of benzene rings is 1. The molecule has 0 aliphatic carbocycles. The fourth-order valence-electron chi connectivity index (χ4n) is 1.73. The summed E-state index contributed by atoms with van der Waals surface area (Å²) in [6, 6.07) is 8.61. The van der Waals surface area contributed by atoms with Crippen molar-refractivity contribution in [2.24, 2.45) is 0 Å². The van der Waals surface area contributed by atoms with E-state index in [0.717, 1.165) is 31.7 Å². The third-order valence-electron chi connectivity index (χ3n) is 3.04. The highest BCUT2D eigenvalue weighted by Crippen LogP contribution is 2.17. The van der Waals surface area contributed by atoms with Gasteiger partial charge < -0.3 is 10.2 Å². The molecule has 0 fully saturated rings. The van der Waals surface area contributed by atoms with Crippen molar-refractivity contribution in [3.63, 3.8) is 0 Å². The van der Waals surface area contributed by atoms with E-state index in [4.69, 9.17) is 0 Å². The second-order valence-electron chi connectivity index (χ2n) is 4.18. The molecule has 0 unspecified atom stereocenters. The second kappa shape index (κ2) is 7.00. The van der Waals surface area contributed by atoms with Gasteiger partial charge in [0.05, 0.1) is 0 Å². The first-order valence-electron chi connectivity index (χ1n) is 6.46. The Morgan fingerprint density at radius 1 is 1.12 bits per heavy atom. The first kappa shape index (κ1) is 13.6. The van der Waals surface area contributed by atoms with E-state index in [-0.39, 0.29) is 0 Å². The summed E-state index contributed by atoms with van der Waals surface area (Å²) >= 11 is 0. The molecule has 0 bridgehead atoms. The van der Waals surface area contributed by atoms with Gasteiger partial charge >= 0.3 is 0 Å². The molecule has 1 aromatic rings. The fraction of sp³-hybridized carbons (Fsp3) is 0.467. The molecule has 1 N–H and O–H groups in total. The van der Waals surface area contributed by atoms with E-state index in [1.807, 2.05) is 0 Å². The molecule has 0 aliphatic rings. The lowest BCUT2D eigenvalue weighted by Crippen LogP contribution is -2.21. The molecule has 94 valence electrons. The molecule has 0 amide bonds. The maximum Gasteiger partial charge on any atom is 0.0367 e. The minimum Gasteiger partial charge on any atom is -0.381 e. The molecule has 0 heterocycles. The van der Waals surface area contributed by atoms with E-state index in [1.54, 1.807) is 0 Å². The van der Waals surface area contributed by atoms with Crippen molar-refractivity contribution in [3.05, 3.63) is 36.4 Å². The van der Waals surface area contributed by atoms with Crippen molar-refractivity contribution >= 4 is 11.4 Å². The van der Waals surface area contributed by atoms with Crippen LogP contribution in [0.4, 0.5) is 11.4 Å². The molecule has 17 heavy (non-hydrogen) atoms. The van der Waals surface area contributed by atoms with Gasteiger partial charge in [0.1, 0.15) is 0 Å². The van der Waals surface area contributed by atoms with Crippen molar-refractivity contribution in [1.82, 2.24) is 0 Å². The molecule has 0 radical (unpaired) electrons. The highest BCUT2D eigenvalue weighted by molar-refractivity contribution is 5.55. The van der Waals surface area contributed by atoms with Crippen molar-refractivity contribution in [3.8, 4) is 0 Å². The summed E-state index contributed by atoms with van der Waals surface area (Å²) in [6.07, 6.45) is 1.03. The van der Waals surface area contributed by atoms with Gasteiger partial charge in [-0.2, -0.15) is 0 Å². The number of hydrogen-bond donors (Lipinski definition) is 1. The quantitative estimate of drug-likeness (QED) is 0.717. The second-order valence-corrected chi connectivity index (χ2v) is 4.18. The van der Waals surface area contributed by atoms with Crippen LogP contribution in [0.5, 0.6) is 0 Å². The summed E-state index contributed by atoms with van der Waals surface area (Å²) in [5.41, 5.74) is 3.68. The Morgan fingerprint density at radius 3 is 2.18 bits per heavy atom. The number of nitrogens with zero attached hydrogens (tertiary/aromatic N) is 1. The van der Waals surface area contributed by atoms with Crippen LogP contribution in [0.3, 0.4) is 0 Å². The topological polar surface area (TPSA) is 15.3 Å². The maximum absolute atomic E-state index is 3.99. The van der Waals surface area contributed by atoms with Crippen molar-refractivity contribution in [1.29, 1.82) is 0 Å². The van der Waals surface area contributed by atoms with E-state index in [9.17, 15) is 0 Å².